The summed E-state index contributed by atoms with van der Waals surface area (Å²) in [7, 11) is -3.30. The van der Waals surface area contributed by atoms with Crippen LogP contribution in [0.4, 0.5) is 4.79 Å². The van der Waals surface area contributed by atoms with Gasteiger partial charge in [-0.2, -0.15) is 5.26 Å². The molecule has 2 aromatic carbocycles. The first-order valence-corrected chi connectivity index (χ1v) is 9.79. The number of carbonyl (C=O) groups excluding carboxylic acids is 1. The van der Waals surface area contributed by atoms with E-state index < -0.39 is 22.0 Å². The first kappa shape index (κ1) is 19.5. The molecule has 2 rings (SSSR count). The van der Waals surface area contributed by atoms with Gasteiger partial charge < -0.3 is 10.1 Å². The van der Waals surface area contributed by atoms with E-state index in [1.54, 1.807) is 19.1 Å². The number of hydrogen-bond acceptors (Lipinski definition) is 5. The molecule has 26 heavy (non-hydrogen) atoms. The summed E-state index contributed by atoms with van der Waals surface area (Å²) in [6, 6.07) is 17.4. The molecule has 1 amide bonds. The maximum atomic E-state index is 12.0. The smallest absolute Gasteiger partial charge is 0.408 e. The van der Waals surface area contributed by atoms with E-state index in [1.165, 1.54) is 12.1 Å². The highest BCUT2D eigenvalue weighted by Crippen LogP contribution is 2.23. The van der Waals surface area contributed by atoms with Crippen LogP contribution in [-0.2, 0) is 21.1 Å². The van der Waals surface area contributed by atoms with E-state index in [1.807, 2.05) is 36.4 Å². The molecule has 0 aromatic heterocycles. The fourth-order valence-electron chi connectivity index (χ4n) is 2.31. The van der Waals surface area contributed by atoms with E-state index in [-0.39, 0.29) is 17.1 Å². The minimum atomic E-state index is -3.30. The average molecular weight is 372 g/mol. The summed E-state index contributed by atoms with van der Waals surface area (Å²) in [6.45, 7) is 1.88. The van der Waals surface area contributed by atoms with Gasteiger partial charge >= 0.3 is 6.09 Å². The molecule has 0 aliphatic heterocycles. The fourth-order valence-corrected chi connectivity index (χ4v) is 3.19. The maximum absolute atomic E-state index is 12.0. The Hall–Kier alpha value is -2.85. The van der Waals surface area contributed by atoms with Crippen molar-refractivity contribution in [1.29, 1.82) is 5.26 Å². The molecule has 0 saturated carbocycles. The van der Waals surface area contributed by atoms with Gasteiger partial charge in [0.1, 0.15) is 6.10 Å². The van der Waals surface area contributed by atoms with Gasteiger partial charge in [0.15, 0.2) is 9.84 Å². The summed E-state index contributed by atoms with van der Waals surface area (Å²) in [5.74, 6) is 0.00631. The molecule has 0 radical (unpaired) electrons. The number of nitrogens with zero attached hydrogens (tertiary/aromatic N) is 1. The molecular weight excluding hydrogens is 352 g/mol. The van der Waals surface area contributed by atoms with Crippen LogP contribution in [0.25, 0.3) is 0 Å². The number of carbonyl (C=O) groups is 1. The van der Waals surface area contributed by atoms with Gasteiger partial charge in [-0.25, -0.2) is 13.2 Å². The molecule has 136 valence electrons. The van der Waals surface area contributed by atoms with Crippen LogP contribution in [0, 0.1) is 11.3 Å². The van der Waals surface area contributed by atoms with Crippen molar-refractivity contribution in [2.24, 2.45) is 0 Å². The van der Waals surface area contributed by atoms with E-state index in [9.17, 15) is 13.2 Å². The second-order valence-corrected chi connectivity index (χ2v) is 7.85. The zero-order valence-electron chi connectivity index (χ0n) is 14.4. The van der Waals surface area contributed by atoms with E-state index in [4.69, 9.17) is 10.00 Å². The molecule has 0 fully saturated rings. The number of nitriles is 1. The number of sulfone groups is 1. The number of amides is 1. The topological polar surface area (TPSA) is 96.3 Å². The molecule has 6 nitrogen and oxygen atoms in total. The number of hydrogen-bond donors (Lipinski definition) is 1. The number of rotatable bonds is 7. The lowest BCUT2D eigenvalue weighted by atomic mass is 10.1. The van der Waals surface area contributed by atoms with Gasteiger partial charge in [0, 0.05) is 6.54 Å². The van der Waals surface area contributed by atoms with Crippen LogP contribution in [0.1, 0.15) is 30.6 Å². The van der Waals surface area contributed by atoms with Crippen LogP contribution in [0.5, 0.6) is 0 Å². The highest BCUT2D eigenvalue weighted by molar-refractivity contribution is 7.91. The number of alkyl carbamates (subject to hydrolysis) is 1. The van der Waals surface area contributed by atoms with E-state index >= 15 is 0 Å². The zero-order valence-corrected chi connectivity index (χ0v) is 15.2. The summed E-state index contributed by atoms with van der Waals surface area (Å²) in [5, 5.41) is 11.6. The normalized spacial score (nSPS) is 12.0. The van der Waals surface area contributed by atoms with Crippen molar-refractivity contribution >= 4 is 15.9 Å². The number of nitrogens with one attached hydrogen (secondary N) is 1. The van der Waals surface area contributed by atoms with Crippen molar-refractivity contribution < 1.29 is 17.9 Å². The van der Waals surface area contributed by atoms with Crippen molar-refractivity contribution in [2.75, 3.05) is 5.75 Å². The molecule has 7 heteroatoms. The highest BCUT2D eigenvalue weighted by Gasteiger charge is 2.18. The van der Waals surface area contributed by atoms with Crippen molar-refractivity contribution in [2.45, 2.75) is 30.9 Å². The molecule has 2 aromatic rings. The summed E-state index contributed by atoms with van der Waals surface area (Å²) >= 11 is 0. The number of ether oxygens (including phenoxy) is 1. The Morgan fingerprint density at radius 3 is 2.38 bits per heavy atom. The minimum absolute atomic E-state index is 0.00631. The summed E-state index contributed by atoms with van der Waals surface area (Å²) in [6.07, 6.45) is -1.44. The number of benzene rings is 2. The SMILES string of the molecule is CCS(=O)(=O)c1ccc(C(CC#N)OC(=O)NCc2ccccc2)cc1. The fraction of sp³-hybridized carbons (Fsp3) is 0.263. The predicted octanol–water partition coefficient (Wildman–Crippen LogP) is 3.36. The average Bonchev–Trinajstić information content (AvgIpc) is 2.67. The third kappa shape index (κ3) is 5.33. The van der Waals surface area contributed by atoms with Crippen LogP contribution in [0.3, 0.4) is 0 Å². The van der Waals surface area contributed by atoms with Crippen LogP contribution in [-0.4, -0.2) is 20.3 Å². The summed E-state index contributed by atoms with van der Waals surface area (Å²) in [4.78, 5) is 12.2. The van der Waals surface area contributed by atoms with Gasteiger partial charge in [-0.1, -0.05) is 49.4 Å². The predicted molar refractivity (Wildman–Crippen MR) is 96.9 cm³/mol. The Balaban J connectivity index is 2.04. The van der Waals surface area contributed by atoms with Gasteiger partial charge in [0.05, 0.1) is 23.1 Å². The second-order valence-electron chi connectivity index (χ2n) is 5.57. The van der Waals surface area contributed by atoms with Crippen LogP contribution < -0.4 is 5.32 Å². The van der Waals surface area contributed by atoms with Crippen molar-refractivity contribution in [3.63, 3.8) is 0 Å². The molecule has 1 unspecified atom stereocenters. The van der Waals surface area contributed by atoms with E-state index in [2.05, 4.69) is 5.32 Å². The minimum Gasteiger partial charge on any atom is -0.440 e. The standard InChI is InChI=1S/C19H20N2O4S/c1-2-26(23,24)17-10-8-16(9-11-17)18(12-13-20)25-19(22)21-14-15-6-4-3-5-7-15/h3-11,18H,2,12,14H2,1H3,(H,21,22). The quantitative estimate of drug-likeness (QED) is 0.804. The first-order valence-electron chi connectivity index (χ1n) is 8.14. The van der Waals surface area contributed by atoms with Crippen molar-refractivity contribution in [3.8, 4) is 6.07 Å². The van der Waals surface area contributed by atoms with Gasteiger partial charge in [0.25, 0.3) is 0 Å². The van der Waals surface area contributed by atoms with Gasteiger partial charge in [-0.15, -0.1) is 0 Å². The molecular formula is C19H20N2O4S. The zero-order chi connectivity index (χ0) is 19.0. The lowest BCUT2D eigenvalue weighted by molar-refractivity contribution is 0.0992. The van der Waals surface area contributed by atoms with Crippen molar-refractivity contribution in [1.82, 2.24) is 5.32 Å². The highest BCUT2D eigenvalue weighted by atomic mass is 32.2. The lowest BCUT2D eigenvalue weighted by Crippen LogP contribution is -2.25. The second kappa shape index (κ2) is 9.02. The van der Waals surface area contributed by atoms with Crippen LogP contribution in [0.2, 0.25) is 0 Å². The Labute approximate surface area is 153 Å². The van der Waals surface area contributed by atoms with Crippen LogP contribution in [0.15, 0.2) is 59.5 Å². The largest absolute Gasteiger partial charge is 0.440 e. The molecule has 0 aliphatic carbocycles. The summed E-state index contributed by atoms with van der Waals surface area (Å²) in [5.41, 5.74) is 1.49. The molecule has 0 aliphatic rings. The summed E-state index contributed by atoms with van der Waals surface area (Å²) < 4.78 is 29.0. The lowest BCUT2D eigenvalue weighted by Gasteiger charge is -2.16. The maximum Gasteiger partial charge on any atom is 0.408 e. The van der Waals surface area contributed by atoms with Crippen molar-refractivity contribution in [3.05, 3.63) is 65.7 Å². The molecule has 0 spiro atoms. The molecule has 1 N–H and O–H groups in total. The molecule has 1 atom stereocenters. The Morgan fingerprint density at radius 2 is 1.81 bits per heavy atom. The Bertz CT molecular complexity index is 872. The molecule has 0 bridgehead atoms. The molecule has 0 heterocycles. The first-order chi connectivity index (χ1) is 12.5. The van der Waals surface area contributed by atoms with Gasteiger partial charge in [0.2, 0.25) is 0 Å². The van der Waals surface area contributed by atoms with Gasteiger partial charge in [-0.05, 0) is 23.3 Å². The van der Waals surface area contributed by atoms with E-state index in [0.29, 0.717) is 12.1 Å². The van der Waals surface area contributed by atoms with Gasteiger partial charge in [-0.3, -0.25) is 0 Å². The Morgan fingerprint density at radius 1 is 1.15 bits per heavy atom. The third-order valence-electron chi connectivity index (χ3n) is 3.80. The third-order valence-corrected chi connectivity index (χ3v) is 5.55. The van der Waals surface area contributed by atoms with E-state index in [0.717, 1.165) is 5.56 Å². The monoisotopic (exact) mass is 372 g/mol. The Kier molecular flexibility index (Phi) is 6.75. The van der Waals surface area contributed by atoms with Crippen LogP contribution >= 0.6 is 0 Å². The molecule has 0 saturated heterocycles.